The Balaban J connectivity index is 1.75. The second-order valence-electron chi connectivity index (χ2n) is 12.0. The Hall–Kier alpha value is -2.67. The number of ether oxygens (including phenoxy) is 1. The van der Waals surface area contributed by atoms with Crippen molar-refractivity contribution in [3.8, 4) is 0 Å². The van der Waals surface area contributed by atoms with E-state index in [4.69, 9.17) is 4.74 Å². The van der Waals surface area contributed by atoms with E-state index in [9.17, 15) is 9.90 Å². The van der Waals surface area contributed by atoms with Crippen molar-refractivity contribution in [1.82, 2.24) is 14.8 Å². The summed E-state index contributed by atoms with van der Waals surface area (Å²) in [6, 6.07) is 16.9. The lowest BCUT2D eigenvalue weighted by Gasteiger charge is -2.29. The van der Waals surface area contributed by atoms with Crippen LogP contribution in [0.1, 0.15) is 71.1 Å². The van der Waals surface area contributed by atoms with E-state index in [0.29, 0.717) is 19.6 Å². The highest BCUT2D eigenvalue weighted by atomic mass is 16.5. The van der Waals surface area contributed by atoms with Crippen LogP contribution in [0.5, 0.6) is 0 Å². The molecule has 1 atom stereocenters. The van der Waals surface area contributed by atoms with Crippen LogP contribution in [0.4, 0.5) is 0 Å². The Morgan fingerprint density at radius 3 is 2.44 bits per heavy atom. The molecule has 3 aromatic rings. The molecule has 1 heterocycles. The molecule has 0 aliphatic heterocycles. The van der Waals surface area contributed by atoms with Gasteiger partial charge >= 0.3 is 0 Å². The minimum absolute atomic E-state index is 0.0649. The van der Waals surface area contributed by atoms with Crippen LogP contribution in [0.25, 0.3) is 10.9 Å². The van der Waals surface area contributed by atoms with Gasteiger partial charge in [-0.05, 0) is 61.4 Å². The fraction of sp³-hybridized carbons (Fsp3) is 0.545. The number of aliphatic hydroxyl groups excluding tert-OH is 1. The molecular weight excluding hydrogens is 486 g/mol. The second-order valence-corrected chi connectivity index (χ2v) is 12.0. The highest BCUT2D eigenvalue weighted by molar-refractivity contribution is 5.83. The number of carbonyl (C=O) groups excluding carboxylic acids is 1. The largest absolute Gasteiger partial charge is 0.389 e. The van der Waals surface area contributed by atoms with Gasteiger partial charge in [0.2, 0.25) is 5.91 Å². The van der Waals surface area contributed by atoms with Gasteiger partial charge in [-0.25, -0.2) is 0 Å². The van der Waals surface area contributed by atoms with Crippen LogP contribution in [-0.2, 0) is 27.9 Å². The van der Waals surface area contributed by atoms with Crippen molar-refractivity contribution in [3.63, 3.8) is 0 Å². The molecule has 3 rings (SSSR count). The SMILES string of the molecule is CCCCN(CC(=O)N(CCc1c[nH]c2ccccc12)Cc1ccc(C(C)(C)C)cc1)C[C@@H](O)COC(C)C. The zero-order chi connectivity index (χ0) is 28.4. The molecule has 0 aliphatic carbocycles. The van der Waals surface area contributed by atoms with Gasteiger partial charge in [0.1, 0.15) is 0 Å². The topological polar surface area (TPSA) is 68.8 Å². The zero-order valence-corrected chi connectivity index (χ0v) is 24.9. The maximum absolute atomic E-state index is 13.8. The molecule has 0 saturated heterocycles. The summed E-state index contributed by atoms with van der Waals surface area (Å²) >= 11 is 0. The van der Waals surface area contributed by atoms with Crippen LogP contribution in [0, 0.1) is 0 Å². The minimum atomic E-state index is -0.623. The average molecular weight is 536 g/mol. The smallest absolute Gasteiger partial charge is 0.237 e. The van der Waals surface area contributed by atoms with E-state index in [0.717, 1.165) is 36.9 Å². The molecule has 0 radical (unpaired) electrons. The minimum Gasteiger partial charge on any atom is -0.389 e. The molecule has 39 heavy (non-hydrogen) atoms. The van der Waals surface area contributed by atoms with Crippen LogP contribution in [0.3, 0.4) is 0 Å². The molecule has 0 unspecified atom stereocenters. The van der Waals surface area contributed by atoms with E-state index in [2.05, 4.69) is 86.2 Å². The molecular formula is C33H49N3O3. The van der Waals surface area contributed by atoms with Crippen LogP contribution >= 0.6 is 0 Å². The Morgan fingerprint density at radius 2 is 1.77 bits per heavy atom. The van der Waals surface area contributed by atoms with Crippen molar-refractivity contribution in [2.45, 2.75) is 85.0 Å². The number of carbonyl (C=O) groups is 1. The summed E-state index contributed by atoms with van der Waals surface area (Å²) < 4.78 is 5.61. The van der Waals surface area contributed by atoms with Crippen molar-refractivity contribution in [2.75, 3.05) is 32.8 Å². The van der Waals surface area contributed by atoms with E-state index in [1.54, 1.807) is 0 Å². The summed E-state index contributed by atoms with van der Waals surface area (Å²) in [6.07, 6.45) is 4.29. The number of H-pyrrole nitrogens is 1. The third kappa shape index (κ3) is 9.79. The maximum atomic E-state index is 13.8. The molecule has 0 aliphatic rings. The Morgan fingerprint density at radius 1 is 1.05 bits per heavy atom. The van der Waals surface area contributed by atoms with E-state index in [1.165, 1.54) is 16.5 Å². The van der Waals surface area contributed by atoms with Gasteiger partial charge in [0.15, 0.2) is 0 Å². The molecule has 2 N–H and O–H groups in total. The maximum Gasteiger partial charge on any atom is 0.237 e. The number of para-hydroxylation sites is 1. The van der Waals surface area contributed by atoms with Gasteiger partial charge in [-0.15, -0.1) is 0 Å². The summed E-state index contributed by atoms with van der Waals surface area (Å²) in [7, 11) is 0. The molecule has 214 valence electrons. The van der Waals surface area contributed by atoms with E-state index in [1.807, 2.05) is 24.8 Å². The zero-order valence-electron chi connectivity index (χ0n) is 24.9. The van der Waals surface area contributed by atoms with Crippen LogP contribution in [0.2, 0.25) is 0 Å². The van der Waals surface area contributed by atoms with E-state index in [-0.39, 0.29) is 30.6 Å². The molecule has 0 bridgehead atoms. The van der Waals surface area contributed by atoms with Crippen molar-refractivity contribution >= 4 is 16.8 Å². The molecule has 6 heteroatoms. The van der Waals surface area contributed by atoms with Crippen LogP contribution < -0.4 is 0 Å². The fourth-order valence-electron chi connectivity index (χ4n) is 4.78. The number of aromatic amines is 1. The third-order valence-electron chi connectivity index (χ3n) is 7.15. The van der Waals surface area contributed by atoms with Crippen molar-refractivity contribution in [3.05, 3.63) is 71.4 Å². The fourth-order valence-corrected chi connectivity index (χ4v) is 4.78. The molecule has 2 aromatic carbocycles. The second kappa shape index (κ2) is 14.6. The molecule has 6 nitrogen and oxygen atoms in total. The first kappa shape index (κ1) is 30.9. The summed E-state index contributed by atoms with van der Waals surface area (Å²) in [4.78, 5) is 21.2. The Bertz CT molecular complexity index is 1150. The number of hydrogen-bond acceptors (Lipinski definition) is 4. The van der Waals surface area contributed by atoms with Crippen LogP contribution in [0.15, 0.2) is 54.7 Å². The standard InChI is InChI=1S/C33H49N3O3/c1-7-8-18-35(22-29(37)24-39-25(2)3)23-32(38)36(21-26-13-15-28(16-14-26)33(4,5)6)19-17-27-20-34-31-12-10-9-11-30(27)31/h9-16,20,25,29,34,37H,7-8,17-19,21-24H2,1-6H3/t29-/m1/s1. The number of aromatic nitrogens is 1. The van der Waals surface area contributed by atoms with Crippen molar-refractivity contribution in [1.29, 1.82) is 0 Å². The normalized spacial score (nSPS) is 12.9. The number of nitrogens with one attached hydrogen (secondary N) is 1. The predicted molar refractivity (Wildman–Crippen MR) is 161 cm³/mol. The average Bonchev–Trinajstić information content (AvgIpc) is 3.31. The first-order chi connectivity index (χ1) is 18.6. The van der Waals surface area contributed by atoms with Gasteiger partial charge in [-0.1, -0.05) is 76.6 Å². The highest BCUT2D eigenvalue weighted by Crippen LogP contribution is 2.23. The lowest BCUT2D eigenvalue weighted by Crippen LogP contribution is -2.44. The van der Waals surface area contributed by atoms with Crippen molar-refractivity contribution in [2.24, 2.45) is 0 Å². The number of fused-ring (bicyclic) bond motifs is 1. The molecule has 1 amide bonds. The number of aliphatic hydroxyl groups is 1. The monoisotopic (exact) mass is 535 g/mol. The lowest BCUT2D eigenvalue weighted by atomic mass is 9.87. The Kier molecular flexibility index (Phi) is 11.6. The quantitative estimate of drug-likeness (QED) is 0.253. The predicted octanol–water partition coefficient (Wildman–Crippen LogP) is 5.92. The first-order valence-corrected chi connectivity index (χ1v) is 14.5. The molecule has 0 saturated carbocycles. The summed E-state index contributed by atoms with van der Waals surface area (Å²) in [5.74, 6) is 0.0859. The summed E-state index contributed by atoms with van der Waals surface area (Å²) in [6.45, 7) is 15.7. The van der Waals surface area contributed by atoms with E-state index >= 15 is 0 Å². The Labute approximate surface area is 235 Å². The third-order valence-corrected chi connectivity index (χ3v) is 7.15. The molecule has 0 fully saturated rings. The van der Waals surface area contributed by atoms with Gasteiger partial charge < -0.3 is 19.7 Å². The van der Waals surface area contributed by atoms with E-state index < -0.39 is 6.10 Å². The van der Waals surface area contributed by atoms with Gasteiger partial charge in [-0.2, -0.15) is 0 Å². The highest BCUT2D eigenvalue weighted by Gasteiger charge is 2.21. The van der Waals surface area contributed by atoms with Gasteiger partial charge in [-0.3, -0.25) is 9.69 Å². The van der Waals surface area contributed by atoms with Crippen LogP contribution in [-0.4, -0.2) is 70.8 Å². The van der Waals surface area contributed by atoms with Gasteiger partial charge in [0.25, 0.3) is 0 Å². The number of unbranched alkanes of at least 4 members (excludes halogenated alkanes) is 1. The first-order valence-electron chi connectivity index (χ1n) is 14.5. The number of benzene rings is 2. The molecule has 1 aromatic heterocycles. The van der Waals surface area contributed by atoms with Gasteiger partial charge in [0.05, 0.1) is 25.4 Å². The lowest BCUT2D eigenvalue weighted by molar-refractivity contribution is -0.133. The van der Waals surface area contributed by atoms with Crippen molar-refractivity contribution < 1.29 is 14.6 Å². The summed E-state index contributed by atoms with van der Waals surface area (Å²) in [5, 5.41) is 11.8. The summed E-state index contributed by atoms with van der Waals surface area (Å²) in [5.41, 5.74) is 4.83. The number of rotatable bonds is 15. The van der Waals surface area contributed by atoms with Gasteiger partial charge in [0, 0.05) is 36.7 Å². The number of amides is 1. The number of nitrogens with zero attached hydrogens (tertiary/aromatic N) is 2. The molecule has 0 spiro atoms. The number of hydrogen-bond donors (Lipinski definition) is 2.